The van der Waals surface area contributed by atoms with E-state index in [-0.39, 0.29) is 31.0 Å². The van der Waals surface area contributed by atoms with Gasteiger partial charge in [-0.1, -0.05) is 0 Å². The molecule has 0 bridgehead atoms. The van der Waals surface area contributed by atoms with Gasteiger partial charge in [-0.25, -0.2) is 4.98 Å². The van der Waals surface area contributed by atoms with E-state index in [9.17, 15) is 4.79 Å². The van der Waals surface area contributed by atoms with E-state index in [0.717, 1.165) is 18.9 Å². The zero-order valence-corrected chi connectivity index (χ0v) is 14.0. The summed E-state index contributed by atoms with van der Waals surface area (Å²) in [5.74, 6) is 0.894. The van der Waals surface area contributed by atoms with Crippen LogP contribution in [0.15, 0.2) is 12.4 Å². The Kier molecular flexibility index (Phi) is 8.40. The molecule has 7 nitrogen and oxygen atoms in total. The molecule has 22 heavy (non-hydrogen) atoms. The highest BCUT2D eigenvalue weighted by molar-refractivity contribution is 5.85. The van der Waals surface area contributed by atoms with Gasteiger partial charge in [0.2, 0.25) is 5.91 Å². The van der Waals surface area contributed by atoms with Crippen LogP contribution >= 0.6 is 12.4 Å². The first-order chi connectivity index (χ1) is 10.2. The Morgan fingerprint density at radius 3 is 2.91 bits per heavy atom. The Hall–Kier alpha value is -1.15. The third-order valence-electron chi connectivity index (χ3n) is 3.52. The first kappa shape index (κ1) is 18.9. The number of nitrogens with zero attached hydrogens (tertiary/aromatic N) is 3. The Balaban J connectivity index is 0.00000242. The molecule has 8 heteroatoms. The molecule has 1 aliphatic heterocycles. The fourth-order valence-corrected chi connectivity index (χ4v) is 2.44. The average Bonchev–Trinajstić information content (AvgIpc) is 2.93. The van der Waals surface area contributed by atoms with Crippen molar-refractivity contribution in [2.24, 2.45) is 7.05 Å². The number of ether oxygens (including phenoxy) is 2. The maximum atomic E-state index is 12.3. The smallest absolute Gasteiger partial charge is 0.249 e. The van der Waals surface area contributed by atoms with Crippen LogP contribution in [-0.2, 0) is 21.3 Å². The van der Waals surface area contributed by atoms with E-state index in [2.05, 4.69) is 10.3 Å². The fraction of sp³-hybridized carbons (Fsp3) is 0.714. The second kappa shape index (κ2) is 9.78. The molecule has 1 unspecified atom stereocenters. The number of hydrogen-bond acceptors (Lipinski definition) is 5. The first-order valence-electron chi connectivity index (χ1n) is 7.37. The van der Waals surface area contributed by atoms with Gasteiger partial charge in [-0.3, -0.25) is 4.79 Å². The lowest BCUT2D eigenvalue weighted by Gasteiger charge is -2.35. The quantitative estimate of drug-likeness (QED) is 0.731. The lowest BCUT2D eigenvalue weighted by atomic mass is 10.1. The van der Waals surface area contributed by atoms with Gasteiger partial charge in [-0.05, 0) is 6.92 Å². The number of aryl methyl sites for hydroxylation is 1. The molecule has 1 aromatic heterocycles. The molecule has 126 valence electrons. The van der Waals surface area contributed by atoms with Crippen molar-refractivity contribution in [2.75, 3.05) is 46.1 Å². The van der Waals surface area contributed by atoms with Gasteiger partial charge in [0.15, 0.2) is 0 Å². The molecule has 2 heterocycles. The van der Waals surface area contributed by atoms with Crippen molar-refractivity contribution in [3.63, 3.8) is 0 Å². The summed E-state index contributed by atoms with van der Waals surface area (Å²) < 4.78 is 12.5. The molecule has 0 spiro atoms. The fourth-order valence-electron chi connectivity index (χ4n) is 2.44. The van der Waals surface area contributed by atoms with Crippen molar-refractivity contribution in [1.82, 2.24) is 19.8 Å². The summed E-state index contributed by atoms with van der Waals surface area (Å²) in [6.07, 6.45) is 3.65. The predicted octanol–water partition coefficient (Wildman–Crippen LogP) is 0.368. The van der Waals surface area contributed by atoms with Crippen LogP contribution in [0, 0.1) is 0 Å². The van der Waals surface area contributed by atoms with Gasteiger partial charge < -0.3 is 24.3 Å². The molecule has 1 amide bonds. The number of carbonyl (C=O) groups is 1. The highest BCUT2D eigenvalue weighted by Crippen LogP contribution is 2.20. The average molecular weight is 333 g/mol. The van der Waals surface area contributed by atoms with Crippen molar-refractivity contribution in [1.29, 1.82) is 0 Å². The minimum Gasteiger partial charge on any atom is -0.379 e. The van der Waals surface area contributed by atoms with E-state index in [4.69, 9.17) is 9.47 Å². The first-order valence-corrected chi connectivity index (χ1v) is 7.37. The molecule has 1 N–H and O–H groups in total. The molecule has 1 fully saturated rings. The number of nitrogens with one attached hydrogen (secondary N) is 1. The Labute approximate surface area is 137 Å². The summed E-state index contributed by atoms with van der Waals surface area (Å²) in [6, 6.07) is -0.0401. The van der Waals surface area contributed by atoms with Gasteiger partial charge in [0, 0.05) is 45.7 Å². The lowest BCUT2D eigenvalue weighted by molar-refractivity contribution is -0.140. The Morgan fingerprint density at radius 1 is 1.45 bits per heavy atom. The standard InChI is InChI=1S/C14H24N4O3.ClH/c1-3-20-8-9-21-11-13(19)18-7-4-15-10-12(18)14-16-5-6-17(14)2;/h5-6,12,15H,3-4,7-11H2,1-2H3;1H. The monoisotopic (exact) mass is 332 g/mol. The molecule has 1 saturated heterocycles. The molecule has 0 saturated carbocycles. The molecule has 0 radical (unpaired) electrons. The number of amides is 1. The maximum absolute atomic E-state index is 12.3. The van der Waals surface area contributed by atoms with Crippen LogP contribution in [0.25, 0.3) is 0 Å². The topological polar surface area (TPSA) is 68.6 Å². The lowest BCUT2D eigenvalue weighted by Crippen LogP contribution is -2.50. The maximum Gasteiger partial charge on any atom is 0.249 e. The third kappa shape index (κ3) is 4.95. The molecule has 2 rings (SSSR count). The van der Waals surface area contributed by atoms with Crippen LogP contribution in [0.2, 0.25) is 0 Å². The molecule has 1 atom stereocenters. The van der Waals surface area contributed by atoms with E-state index >= 15 is 0 Å². The third-order valence-corrected chi connectivity index (χ3v) is 3.52. The highest BCUT2D eigenvalue weighted by Gasteiger charge is 2.30. The minimum absolute atomic E-state index is 0. The molecule has 1 aliphatic rings. The number of rotatable bonds is 7. The van der Waals surface area contributed by atoms with E-state index in [1.54, 1.807) is 6.20 Å². The summed E-state index contributed by atoms with van der Waals surface area (Å²) in [6.45, 7) is 5.84. The minimum atomic E-state index is -0.0401. The summed E-state index contributed by atoms with van der Waals surface area (Å²) >= 11 is 0. The predicted molar refractivity (Wildman–Crippen MR) is 85.1 cm³/mol. The van der Waals surface area contributed by atoms with Gasteiger partial charge in [-0.2, -0.15) is 0 Å². The Bertz CT molecular complexity index is 455. The zero-order chi connectivity index (χ0) is 15.1. The number of hydrogen-bond donors (Lipinski definition) is 1. The molecule has 0 aliphatic carbocycles. The van der Waals surface area contributed by atoms with Crippen molar-refractivity contribution in [2.45, 2.75) is 13.0 Å². The SMILES string of the molecule is CCOCCOCC(=O)N1CCNCC1c1nccn1C.Cl. The van der Waals surface area contributed by atoms with Crippen molar-refractivity contribution in [3.8, 4) is 0 Å². The van der Waals surface area contributed by atoms with Crippen LogP contribution in [0.5, 0.6) is 0 Å². The highest BCUT2D eigenvalue weighted by atomic mass is 35.5. The molecule has 0 aromatic carbocycles. The van der Waals surface area contributed by atoms with Gasteiger partial charge in [0.25, 0.3) is 0 Å². The van der Waals surface area contributed by atoms with Crippen molar-refractivity contribution >= 4 is 18.3 Å². The summed E-state index contributed by atoms with van der Waals surface area (Å²) in [7, 11) is 1.94. The van der Waals surface area contributed by atoms with E-state index in [0.29, 0.717) is 26.4 Å². The largest absolute Gasteiger partial charge is 0.379 e. The molecular formula is C14H25ClN4O3. The summed E-state index contributed by atoms with van der Waals surface area (Å²) in [5.41, 5.74) is 0. The molecular weight excluding hydrogens is 308 g/mol. The van der Waals surface area contributed by atoms with Gasteiger partial charge >= 0.3 is 0 Å². The number of aromatic nitrogens is 2. The van der Waals surface area contributed by atoms with Crippen LogP contribution in [0.4, 0.5) is 0 Å². The van der Waals surface area contributed by atoms with Crippen LogP contribution in [-0.4, -0.2) is 66.4 Å². The van der Waals surface area contributed by atoms with Crippen molar-refractivity contribution < 1.29 is 14.3 Å². The zero-order valence-electron chi connectivity index (χ0n) is 13.2. The molecule has 1 aromatic rings. The van der Waals surface area contributed by atoms with Crippen LogP contribution in [0.1, 0.15) is 18.8 Å². The number of halogens is 1. The van der Waals surface area contributed by atoms with E-state index < -0.39 is 0 Å². The Morgan fingerprint density at radius 2 is 2.23 bits per heavy atom. The van der Waals surface area contributed by atoms with Crippen LogP contribution < -0.4 is 5.32 Å². The number of imidazole rings is 1. The second-order valence-corrected chi connectivity index (χ2v) is 4.95. The van der Waals surface area contributed by atoms with Gasteiger partial charge in [0.1, 0.15) is 18.5 Å². The van der Waals surface area contributed by atoms with E-state index in [1.165, 1.54) is 0 Å². The van der Waals surface area contributed by atoms with Crippen molar-refractivity contribution in [3.05, 3.63) is 18.2 Å². The summed E-state index contributed by atoms with van der Waals surface area (Å²) in [4.78, 5) is 18.6. The van der Waals surface area contributed by atoms with Gasteiger partial charge in [0.05, 0.1) is 13.2 Å². The summed E-state index contributed by atoms with van der Waals surface area (Å²) in [5, 5.41) is 3.31. The van der Waals surface area contributed by atoms with Gasteiger partial charge in [-0.15, -0.1) is 12.4 Å². The number of carbonyl (C=O) groups excluding carboxylic acids is 1. The number of piperazine rings is 1. The normalized spacial score (nSPS) is 18.1. The van der Waals surface area contributed by atoms with E-state index in [1.807, 2.05) is 29.6 Å². The second-order valence-electron chi connectivity index (χ2n) is 4.95. The van der Waals surface area contributed by atoms with Crippen LogP contribution in [0.3, 0.4) is 0 Å².